The van der Waals surface area contributed by atoms with Crippen molar-refractivity contribution in [2.75, 3.05) is 5.75 Å². The third-order valence-corrected chi connectivity index (χ3v) is 5.27. The minimum absolute atomic E-state index is 0.328. The molecule has 0 unspecified atom stereocenters. The first kappa shape index (κ1) is 17.6. The predicted octanol–water partition coefficient (Wildman–Crippen LogP) is 5.11. The molecular formula is C22H20N2O2S. The predicted molar refractivity (Wildman–Crippen MR) is 109 cm³/mol. The highest BCUT2D eigenvalue weighted by molar-refractivity contribution is 8.08. The van der Waals surface area contributed by atoms with E-state index in [0.717, 1.165) is 28.9 Å². The molecule has 0 saturated carbocycles. The van der Waals surface area contributed by atoms with Gasteiger partial charge in [-0.1, -0.05) is 66.7 Å². The van der Waals surface area contributed by atoms with E-state index < -0.39 is 0 Å². The molecule has 2 aromatic carbocycles. The number of hydrogen-bond donors (Lipinski definition) is 0. The lowest BCUT2D eigenvalue weighted by molar-refractivity contribution is 0.258. The molecule has 0 N–H and O–H groups in total. The first-order valence-electron chi connectivity index (χ1n) is 8.92. The van der Waals surface area contributed by atoms with E-state index in [1.807, 2.05) is 72.4 Å². The number of hydrogen-bond acceptors (Lipinski definition) is 5. The second-order valence-electron chi connectivity index (χ2n) is 6.13. The number of rotatable bonds is 7. The van der Waals surface area contributed by atoms with Crippen LogP contribution in [-0.4, -0.2) is 15.7 Å². The lowest BCUT2D eigenvalue weighted by atomic mass is 10.2. The molecule has 1 aromatic heterocycles. The van der Waals surface area contributed by atoms with E-state index in [-0.39, 0.29) is 0 Å². The molecule has 0 radical (unpaired) electrons. The fourth-order valence-electron chi connectivity index (χ4n) is 2.75. The average molecular weight is 376 g/mol. The van der Waals surface area contributed by atoms with Gasteiger partial charge in [0.25, 0.3) is 0 Å². The van der Waals surface area contributed by atoms with E-state index in [1.54, 1.807) is 6.20 Å². The van der Waals surface area contributed by atoms with Crippen molar-refractivity contribution < 1.29 is 9.47 Å². The maximum Gasteiger partial charge on any atom is 0.320 e. The first-order valence-corrected chi connectivity index (χ1v) is 9.91. The zero-order valence-corrected chi connectivity index (χ0v) is 15.7. The average Bonchev–Trinajstić information content (AvgIpc) is 3.27. The highest BCUT2D eigenvalue weighted by Gasteiger charge is 2.17. The van der Waals surface area contributed by atoms with E-state index in [2.05, 4.69) is 16.0 Å². The van der Waals surface area contributed by atoms with Gasteiger partial charge in [0.1, 0.15) is 13.2 Å². The summed E-state index contributed by atoms with van der Waals surface area (Å²) in [5.41, 5.74) is 3.10. The number of ether oxygens (including phenoxy) is 2. The molecule has 136 valence electrons. The van der Waals surface area contributed by atoms with Gasteiger partial charge in [0.15, 0.2) is 0 Å². The molecule has 0 fully saturated rings. The molecule has 0 bridgehead atoms. The fourth-order valence-corrected chi connectivity index (χ4v) is 3.74. The van der Waals surface area contributed by atoms with Crippen molar-refractivity contribution in [3.63, 3.8) is 0 Å². The summed E-state index contributed by atoms with van der Waals surface area (Å²) in [7, 11) is 0. The zero-order valence-electron chi connectivity index (χ0n) is 14.9. The molecular weight excluding hydrogens is 356 g/mol. The van der Waals surface area contributed by atoms with Crippen molar-refractivity contribution in [3.8, 4) is 11.9 Å². The Hall–Kier alpha value is -2.79. The minimum Gasteiger partial charge on any atom is -0.472 e. The Balaban J connectivity index is 1.53. The van der Waals surface area contributed by atoms with Gasteiger partial charge in [0, 0.05) is 16.9 Å². The lowest BCUT2D eigenvalue weighted by Crippen LogP contribution is -2.04. The van der Waals surface area contributed by atoms with Crippen molar-refractivity contribution in [3.05, 3.63) is 89.6 Å². The lowest BCUT2D eigenvalue weighted by Gasteiger charge is -2.12. The van der Waals surface area contributed by atoms with Crippen LogP contribution in [-0.2, 0) is 13.2 Å². The van der Waals surface area contributed by atoms with Crippen LogP contribution in [0.5, 0.6) is 11.9 Å². The van der Waals surface area contributed by atoms with Crippen molar-refractivity contribution >= 4 is 16.7 Å². The third kappa shape index (κ3) is 4.68. The summed E-state index contributed by atoms with van der Waals surface area (Å²) in [4.78, 5) is 10.1. The fraction of sp³-hybridized carbons (Fsp3) is 0.182. The quantitative estimate of drug-likeness (QED) is 0.573. The van der Waals surface area contributed by atoms with Crippen LogP contribution in [0.25, 0.3) is 4.91 Å². The topological polar surface area (TPSA) is 44.2 Å². The Morgan fingerprint density at radius 3 is 2.15 bits per heavy atom. The Morgan fingerprint density at radius 2 is 1.52 bits per heavy atom. The summed E-state index contributed by atoms with van der Waals surface area (Å²) in [5.74, 6) is 1.65. The first-order chi connectivity index (χ1) is 13.4. The molecule has 0 saturated heterocycles. The van der Waals surface area contributed by atoms with Gasteiger partial charge in [-0.05, 0) is 17.5 Å². The molecule has 1 aliphatic rings. The summed E-state index contributed by atoms with van der Waals surface area (Å²) in [6.45, 7) is 0.886. The Morgan fingerprint density at radius 1 is 0.852 bits per heavy atom. The van der Waals surface area contributed by atoms with E-state index in [1.165, 1.54) is 4.91 Å². The molecule has 0 spiro atoms. The normalized spacial score (nSPS) is 13.3. The molecule has 0 aliphatic carbocycles. The maximum absolute atomic E-state index is 6.04. The molecule has 3 aromatic rings. The monoisotopic (exact) mass is 376 g/mol. The molecule has 1 aliphatic heterocycles. The molecule has 0 amide bonds. The third-order valence-electron chi connectivity index (χ3n) is 4.13. The zero-order chi connectivity index (χ0) is 18.3. The van der Waals surface area contributed by atoms with Crippen molar-refractivity contribution in [1.29, 1.82) is 0 Å². The van der Waals surface area contributed by atoms with Crippen LogP contribution >= 0.6 is 11.8 Å². The van der Waals surface area contributed by atoms with Crippen LogP contribution in [0.1, 0.15) is 23.1 Å². The van der Waals surface area contributed by atoms with E-state index >= 15 is 0 Å². The Labute approximate surface area is 163 Å². The Kier molecular flexibility index (Phi) is 5.70. The largest absolute Gasteiger partial charge is 0.472 e. The van der Waals surface area contributed by atoms with Gasteiger partial charge < -0.3 is 9.47 Å². The standard InChI is InChI=1S/C22H20N2O2S/c1-3-8-17(9-4-1)15-25-21-19(20-12-7-13-27-20)14-23-22(24-21)26-16-18-10-5-2-6-11-18/h1-6,8-12,14H,7,13,15-16H2. The van der Waals surface area contributed by atoms with Crippen LogP contribution < -0.4 is 9.47 Å². The van der Waals surface area contributed by atoms with Gasteiger partial charge in [0.2, 0.25) is 5.88 Å². The smallest absolute Gasteiger partial charge is 0.320 e. The summed E-state index contributed by atoms with van der Waals surface area (Å²) >= 11 is 1.81. The highest BCUT2D eigenvalue weighted by Crippen LogP contribution is 2.38. The number of allylic oxidation sites excluding steroid dienone is 1. The summed E-state index contributed by atoms with van der Waals surface area (Å²) in [5, 5.41) is 0. The molecule has 2 heterocycles. The van der Waals surface area contributed by atoms with Crippen molar-refractivity contribution in [2.24, 2.45) is 0 Å². The van der Waals surface area contributed by atoms with E-state index in [4.69, 9.17) is 9.47 Å². The number of benzene rings is 2. The van der Waals surface area contributed by atoms with Gasteiger partial charge in [-0.3, -0.25) is 0 Å². The van der Waals surface area contributed by atoms with Crippen LogP contribution in [0.3, 0.4) is 0 Å². The second kappa shape index (κ2) is 8.73. The Bertz CT molecular complexity index is 914. The molecule has 5 heteroatoms. The van der Waals surface area contributed by atoms with Crippen molar-refractivity contribution in [1.82, 2.24) is 9.97 Å². The molecule has 27 heavy (non-hydrogen) atoms. The summed E-state index contributed by atoms with van der Waals surface area (Å²) in [6.07, 6.45) is 5.07. The molecule has 4 nitrogen and oxygen atoms in total. The van der Waals surface area contributed by atoms with Gasteiger partial charge in [-0.2, -0.15) is 4.98 Å². The molecule has 0 atom stereocenters. The molecule has 4 rings (SSSR count). The van der Waals surface area contributed by atoms with Gasteiger partial charge in [-0.15, -0.1) is 11.8 Å². The van der Waals surface area contributed by atoms with Crippen LogP contribution in [0.2, 0.25) is 0 Å². The van der Waals surface area contributed by atoms with E-state index in [9.17, 15) is 0 Å². The number of nitrogens with zero attached hydrogens (tertiary/aromatic N) is 2. The van der Waals surface area contributed by atoms with Crippen LogP contribution in [0, 0.1) is 0 Å². The number of thioether (sulfide) groups is 1. The maximum atomic E-state index is 6.04. The summed E-state index contributed by atoms with van der Waals surface area (Å²) < 4.78 is 11.8. The highest BCUT2D eigenvalue weighted by atomic mass is 32.2. The summed E-state index contributed by atoms with van der Waals surface area (Å²) in [6, 6.07) is 20.4. The van der Waals surface area contributed by atoms with Gasteiger partial charge in [-0.25, -0.2) is 4.98 Å². The van der Waals surface area contributed by atoms with E-state index in [0.29, 0.717) is 25.1 Å². The van der Waals surface area contributed by atoms with Gasteiger partial charge in [0.05, 0.1) is 5.56 Å². The minimum atomic E-state index is 0.328. The second-order valence-corrected chi connectivity index (χ2v) is 7.26. The SMILES string of the molecule is C1=C(c2cnc(OCc3ccccc3)nc2OCc2ccccc2)SCC1. The number of aromatic nitrogens is 2. The van der Waals surface area contributed by atoms with Crippen molar-refractivity contribution in [2.45, 2.75) is 19.6 Å². The van der Waals surface area contributed by atoms with Gasteiger partial charge >= 0.3 is 6.01 Å². The van der Waals surface area contributed by atoms with Crippen LogP contribution in [0.15, 0.2) is 72.9 Å². The van der Waals surface area contributed by atoms with Crippen LogP contribution in [0.4, 0.5) is 0 Å².